The van der Waals surface area contributed by atoms with E-state index >= 15 is 0 Å². The molecule has 4 atom stereocenters. The van der Waals surface area contributed by atoms with Crippen molar-refractivity contribution in [1.82, 2.24) is 5.32 Å². The highest BCUT2D eigenvalue weighted by Gasteiger charge is 2.51. The summed E-state index contributed by atoms with van der Waals surface area (Å²) >= 11 is 0. The van der Waals surface area contributed by atoms with Gasteiger partial charge in [-0.15, -0.1) is 0 Å². The van der Waals surface area contributed by atoms with Gasteiger partial charge in [0.25, 0.3) is 0 Å². The molecule has 1 amide bonds. The van der Waals surface area contributed by atoms with E-state index in [4.69, 9.17) is 4.74 Å². The minimum atomic E-state index is -0.696. The molecule has 4 unspecified atom stereocenters. The van der Waals surface area contributed by atoms with Crippen LogP contribution in [0.25, 0.3) is 0 Å². The second-order valence-corrected chi connectivity index (χ2v) is 6.36. The van der Waals surface area contributed by atoms with Crippen LogP contribution >= 0.6 is 0 Å². The minimum Gasteiger partial charge on any atom is -0.497 e. The Morgan fingerprint density at radius 2 is 2.00 bits per heavy atom. The molecular formula is C17H23NO3. The summed E-state index contributed by atoms with van der Waals surface area (Å²) in [5, 5.41) is 13.3. The van der Waals surface area contributed by atoms with Gasteiger partial charge in [-0.25, -0.2) is 0 Å². The van der Waals surface area contributed by atoms with Gasteiger partial charge in [-0.2, -0.15) is 0 Å². The van der Waals surface area contributed by atoms with Crippen LogP contribution in [0.5, 0.6) is 5.75 Å². The van der Waals surface area contributed by atoms with Gasteiger partial charge in [0.05, 0.1) is 19.3 Å². The summed E-state index contributed by atoms with van der Waals surface area (Å²) in [4.78, 5) is 12.2. The van der Waals surface area contributed by atoms with Crippen LogP contribution < -0.4 is 10.1 Å². The molecule has 21 heavy (non-hydrogen) atoms. The standard InChI is InChI=1S/C17H23NO3/c1-10(16(19)12-5-7-13(21-2)8-6-12)18-17(20)15-9-14(15)11-3-4-11/h5-8,10-11,14-16,19H,3-4,9H2,1-2H3,(H,18,20). The van der Waals surface area contributed by atoms with Crippen molar-refractivity contribution in [3.63, 3.8) is 0 Å². The van der Waals surface area contributed by atoms with E-state index in [2.05, 4.69) is 5.32 Å². The fourth-order valence-electron chi connectivity index (χ4n) is 3.06. The predicted molar refractivity (Wildman–Crippen MR) is 79.9 cm³/mol. The lowest BCUT2D eigenvalue weighted by molar-refractivity contribution is -0.124. The van der Waals surface area contributed by atoms with Gasteiger partial charge in [0.2, 0.25) is 5.91 Å². The highest BCUT2D eigenvalue weighted by molar-refractivity contribution is 5.82. The molecule has 4 heteroatoms. The van der Waals surface area contributed by atoms with Gasteiger partial charge in [-0.1, -0.05) is 12.1 Å². The van der Waals surface area contributed by atoms with Crippen molar-refractivity contribution >= 4 is 5.91 Å². The van der Waals surface area contributed by atoms with E-state index in [-0.39, 0.29) is 17.9 Å². The van der Waals surface area contributed by atoms with Gasteiger partial charge in [0.1, 0.15) is 5.75 Å². The van der Waals surface area contributed by atoms with Crippen LogP contribution in [0.3, 0.4) is 0 Å². The average molecular weight is 289 g/mol. The highest BCUT2D eigenvalue weighted by atomic mass is 16.5. The quantitative estimate of drug-likeness (QED) is 0.844. The number of methoxy groups -OCH3 is 1. The smallest absolute Gasteiger partial charge is 0.223 e. The van der Waals surface area contributed by atoms with Crippen LogP contribution in [-0.4, -0.2) is 24.2 Å². The van der Waals surface area contributed by atoms with Crippen LogP contribution in [0.15, 0.2) is 24.3 Å². The summed E-state index contributed by atoms with van der Waals surface area (Å²) in [6.45, 7) is 1.85. The molecule has 2 aliphatic carbocycles. The van der Waals surface area contributed by atoms with Crippen LogP contribution in [0, 0.1) is 17.8 Å². The molecule has 2 aliphatic rings. The summed E-state index contributed by atoms with van der Waals surface area (Å²) in [7, 11) is 1.61. The number of carbonyl (C=O) groups is 1. The zero-order chi connectivity index (χ0) is 15.0. The first kappa shape index (κ1) is 14.4. The number of amides is 1. The molecule has 0 aliphatic heterocycles. The summed E-state index contributed by atoms with van der Waals surface area (Å²) < 4.78 is 5.10. The van der Waals surface area contributed by atoms with E-state index in [1.165, 1.54) is 12.8 Å². The minimum absolute atomic E-state index is 0.104. The zero-order valence-corrected chi connectivity index (χ0v) is 12.6. The van der Waals surface area contributed by atoms with Gasteiger partial charge >= 0.3 is 0 Å². The Bertz CT molecular complexity index is 509. The number of hydrogen-bond donors (Lipinski definition) is 2. The zero-order valence-electron chi connectivity index (χ0n) is 12.6. The molecule has 2 N–H and O–H groups in total. The number of aliphatic hydroxyl groups excluding tert-OH is 1. The van der Waals surface area contributed by atoms with Crippen molar-refractivity contribution in [1.29, 1.82) is 0 Å². The molecule has 0 bridgehead atoms. The Morgan fingerprint density at radius 1 is 1.33 bits per heavy atom. The topological polar surface area (TPSA) is 58.6 Å². The fourth-order valence-corrected chi connectivity index (χ4v) is 3.06. The number of benzene rings is 1. The number of ether oxygens (including phenoxy) is 1. The van der Waals surface area contributed by atoms with Crippen molar-refractivity contribution in [2.24, 2.45) is 17.8 Å². The molecule has 4 nitrogen and oxygen atoms in total. The predicted octanol–water partition coefficient (Wildman–Crippen LogP) is 2.28. The SMILES string of the molecule is COc1ccc(C(O)C(C)NC(=O)C2CC2C2CC2)cc1. The van der Waals surface area contributed by atoms with E-state index in [0.29, 0.717) is 5.92 Å². The van der Waals surface area contributed by atoms with E-state index < -0.39 is 6.10 Å². The third-order valence-corrected chi connectivity index (χ3v) is 4.70. The molecule has 0 radical (unpaired) electrons. The largest absolute Gasteiger partial charge is 0.497 e. The Kier molecular flexibility index (Phi) is 3.89. The molecule has 3 rings (SSSR count). The summed E-state index contributed by atoms with van der Waals surface area (Å²) in [5.41, 5.74) is 0.790. The Hall–Kier alpha value is -1.55. The first-order valence-corrected chi connectivity index (χ1v) is 7.72. The molecule has 0 saturated heterocycles. The lowest BCUT2D eigenvalue weighted by atomic mass is 10.0. The van der Waals surface area contributed by atoms with E-state index in [9.17, 15) is 9.90 Å². The van der Waals surface area contributed by atoms with Gasteiger partial charge in [-0.3, -0.25) is 4.79 Å². The maximum absolute atomic E-state index is 12.2. The summed E-state index contributed by atoms with van der Waals surface area (Å²) in [5.74, 6) is 2.45. The van der Waals surface area contributed by atoms with Crippen LogP contribution in [0.1, 0.15) is 37.9 Å². The molecule has 0 aromatic heterocycles. The van der Waals surface area contributed by atoms with Crippen LogP contribution in [0.2, 0.25) is 0 Å². The van der Waals surface area contributed by atoms with Crippen LogP contribution in [0.4, 0.5) is 0 Å². The third kappa shape index (κ3) is 3.21. The summed E-state index contributed by atoms with van der Waals surface area (Å²) in [6.07, 6.45) is 2.91. The number of aliphatic hydroxyl groups is 1. The average Bonchev–Trinajstić information content (AvgIpc) is 3.37. The van der Waals surface area contributed by atoms with Gasteiger partial charge in [0.15, 0.2) is 0 Å². The first-order chi connectivity index (χ1) is 10.1. The third-order valence-electron chi connectivity index (χ3n) is 4.70. The molecule has 0 heterocycles. The molecule has 114 valence electrons. The first-order valence-electron chi connectivity index (χ1n) is 7.72. The van der Waals surface area contributed by atoms with Crippen molar-refractivity contribution in [2.45, 2.75) is 38.3 Å². The number of hydrogen-bond acceptors (Lipinski definition) is 3. The Morgan fingerprint density at radius 3 is 2.57 bits per heavy atom. The van der Waals surface area contributed by atoms with E-state index in [1.807, 2.05) is 31.2 Å². The molecule has 0 spiro atoms. The monoisotopic (exact) mass is 289 g/mol. The van der Waals surface area contributed by atoms with Gasteiger partial charge in [0, 0.05) is 5.92 Å². The molecule has 2 fully saturated rings. The normalized spacial score (nSPS) is 26.8. The maximum Gasteiger partial charge on any atom is 0.223 e. The van der Waals surface area contributed by atoms with Crippen molar-refractivity contribution in [2.75, 3.05) is 7.11 Å². The molecule has 1 aromatic carbocycles. The Labute approximate surface area is 125 Å². The number of nitrogens with one attached hydrogen (secondary N) is 1. The van der Waals surface area contributed by atoms with Crippen molar-refractivity contribution < 1.29 is 14.6 Å². The van der Waals surface area contributed by atoms with Gasteiger partial charge < -0.3 is 15.2 Å². The number of rotatable bonds is 6. The fraction of sp³-hybridized carbons (Fsp3) is 0.588. The second-order valence-electron chi connectivity index (χ2n) is 6.36. The molecule has 1 aromatic rings. The highest BCUT2D eigenvalue weighted by Crippen LogP contribution is 2.54. The number of carbonyl (C=O) groups excluding carboxylic acids is 1. The van der Waals surface area contributed by atoms with E-state index in [1.54, 1.807) is 7.11 Å². The van der Waals surface area contributed by atoms with Crippen molar-refractivity contribution in [3.8, 4) is 5.75 Å². The van der Waals surface area contributed by atoms with Crippen molar-refractivity contribution in [3.05, 3.63) is 29.8 Å². The van der Waals surface area contributed by atoms with Crippen LogP contribution in [-0.2, 0) is 4.79 Å². The molecule has 2 saturated carbocycles. The Balaban J connectivity index is 1.53. The lowest BCUT2D eigenvalue weighted by Gasteiger charge is -2.21. The maximum atomic E-state index is 12.2. The van der Waals surface area contributed by atoms with E-state index in [0.717, 1.165) is 23.7 Å². The lowest BCUT2D eigenvalue weighted by Crippen LogP contribution is -2.38. The molecular weight excluding hydrogens is 266 g/mol. The van der Waals surface area contributed by atoms with Gasteiger partial charge in [-0.05, 0) is 55.7 Å². The summed E-state index contributed by atoms with van der Waals surface area (Å²) in [6, 6.07) is 7.01. The second kappa shape index (κ2) is 5.68.